The van der Waals surface area contributed by atoms with E-state index >= 15 is 0 Å². The summed E-state index contributed by atoms with van der Waals surface area (Å²) in [7, 11) is 0. The molecule has 0 unspecified atom stereocenters. The molecule has 4 nitrogen and oxygen atoms in total. The summed E-state index contributed by atoms with van der Waals surface area (Å²) in [6.07, 6.45) is 7.32. The predicted molar refractivity (Wildman–Crippen MR) is 96.6 cm³/mol. The molecule has 0 saturated heterocycles. The molecule has 1 aromatic rings. The summed E-state index contributed by atoms with van der Waals surface area (Å²) in [5.41, 5.74) is 2.69. The minimum atomic E-state index is -0.249. The van der Waals surface area contributed by atoms with E-state index in [9.17, 15) is 9.59 Å². The number of hydrogen-bond acceptors (Lipinski definition) is 5. The summed E-state index contributed by atoms with van der Waals surface area (Å²) in [4.78, 5) is 25.8. The number of hydrogen-bond donors (Lipinski definition) is 1. The largest absolute Gasteiger partial charge is 0.462 e. The van der Waals surface area contributed by atoms with Gasteiger partial charge in [-0.1, -0.05) is 13.8 Å². The lowest BCUT2D eigenvalue weighted by Gasteiger charge is -2.29. The second-order valence-corrected chi connectivity index (χ2v) is 8.52. The van der Waals surface area contributed by atoms with Gasteiger partial charge in [0.25, 0.3) is 0 Å². The van der Waals surface area contributed by atoms with Gasteiger partial charge < -0.3 is 10.1 Å². The molecule has 0 radical (unpaired) electrons. The Kier molecular flexibility index (Phi) is 4.81. The van der Waals surface area contributed by atoms with Crippen LogP contribution in [0, 0.1) is 5.41 Å². The van der Waals surface area contributed by atoms with Crippen LogP contribution < -0.4 is 5.32 Å². The molecule has 0 spiro atoms. The van der Waals surface area contributed by atoms with E-state index in [4.69, 9.17) is 4.74 Å². The first-order valence-corrected chi connectivity index (χ1v) is 9.53. The zero-order valence-electron chi connectivity index (χ0n) is 14.7. The van der Waals surface area contributed by atoms with Gasteiger partial charge in [0.05, 0.1) is 12.2 Å². The highest BCUT2D eigenvalue weighted by Crippen LogP contribution is 2.41. The molecule has 130 valence electrons. The number of ketones is 1. The Hall–Kier alpha value is -1.62. The first kappa shape index (κ1) is 17.2. The number of thiophene rings is 1. The number of ether oxygens (including phenoxy) is 1. The Bertz CT molecular complexity index is 700. The lowest BCUT2D eigenvalue weighted by atomic mass is 9.79. The Morgan fingerprint density at radius 1 is 1.29 bits per heavy atom. The fourth-order valence-corrected chi connectivity index (χ4v) is 4.96. The van der Waals surface area contributed by atoms with Crippen LogP contribution in [0.2, 0.25) is 0 Å². The van der Waals surface area contributed by atoms with Crippen molar-refractivity contribution in [3.8, 4) is 0 Å². The van der Waals surface area contributed by atoms with Crippen molar-refractivity contribution in [1.29, 1.82) is 0 Å². The summed E-state index contributed by atoms with van der Waals surface area (Å²) in [5.74, 6) is -0.103. The third kappa shape index (κ3) is 3.56. The maximum absolute atomic E-state index is 12.5. The van der Waals surface area contributed by atoms with Crippen LogP contribution >= 0.6 is 11.3 Å². The Labute approximate surface area is 147 Å². The molecular weight excluding hydrogens is 322 g/mol. The van der Waals surface area contributed by atoms with E-state index in [1.807, 2.05) is 6.92 Å². The van der Waals surface area contributed by atoms with Crippen molar-refractivity contribution in [3.05, 3.63) is 27.8 Å². The number of esters is 1. The van der Waals surface area contributed by atoms with Gasteiger partial charge in [0.15, 0.2) is 5.78 Å². The molecule has 0 amide bonds. The van der Waals surface area contributed by atoms with E-state index in [2.05, 4.69) is 19.2 Å². The predicted octanol–water partition coefficient (Wildman–Crippen LogP) is 4.49. The molecule has 2 aliphatic rings. The van der Waals surface area contributed by atoms with Gasteiger partial charge in [-0.15, -0.1) is 11.3 Å². The molecule has 0 fully saturated rings. The second kappa shape index (κ2) is 6.71. The van der Waals surface area contributed by atoms with Crippen molar-refractivity contribution in [1.82, 2.24) is 0 Å². The van der Waals surface area contributed by atoms with E-state index in [-0.39, 0.29) is 17.2 Å². The number of anilines is 1. The van der Waals surface area contributed by atoms with Gasteiger partial charge in [-0.3, -0.25) is 4.79 Å². The highest BCUT2D eigenvalue weighted by molar-refractivity contribution is 7.16. The van der Waals surface area contributed by atoms with Crippen molar-refractivity contribution in [2.24, 2.45) is 5.41 Å². The lowest BCUT2D eigenvalue weighted by Crippen LogP contribution is -2.24. The fraction of sp³-hybridized carbons (Fsp3) is 0.579. The van der Waals surface area contributed by atoms with E-state index in [0.29, 0.717) is 18.6 Å². The number of carbonyl (C=O) groups is 2. The van der Waals surface area contributed by atoms with Gasteiger partial charge in [-0.2, -0.15) is 0 Å². The van der Waals surface area contributed by atoms with Gasteiger partial charge in [0.1, 0.15) is 5.00 Å². The maximum Gasteiger partial charge on any atom is 0.341 e. The molecule has 0 saturated carbocycles. The Balaban J connectivity index is 1.94. The third-order valence-electron chi connectivity index (χ3n) is 4.58. The third-order valence-corrected chi connectivity index (χ3v) is 5.79. The molecule has 0 aromatic carbocycles. The second-order valence-electron chi connectivity index (χ2n) is 7.41. The van der Waals surface area contributed by atoms with Crippen LogP contribution in [0.3, 0.4) is 0 Å². The van der Waals surface area contributed by atoms with E-state index in [0.717, 1.165) is 41.9 Å². The van der Waals surface area contributed by atoms with E-state index in [1.165, 1.54) is 11.3 Å². The molecule has 0 atom stereocenters. The first-order valence-electron chi connectivity index (χ1n) is 8.72. The smallest absolute Gasteiger partial charge is 0.341 e. The highest BCUT2D eigenvalue weighted by atomic mass is 32.1. The van der Waals surface area contributed by atoms with Crippen LogP contribution in [0.5, 0.6) is 0 Å². The first-order chi connectivity index (χ1) is 11.4. The normalized spacial score (nSPS) is 19.5. The number of fused-ring (bicyclic) bond motifs is 1. The zero-order chi connectivity index (χ0) is 17.3. The highest BCUT2D eigenvalue weighted by Gasteiger charge is 2.30. The molecule has 5 heteroatoms. The lowest BCUT2D eigenvalue weighted by molar-refractivity contribution is -0.117. The SMILES string of the molecule is CCOC(=O)c1c(NC2=CC(=O)CC(C)(C)C2)sc2c1CCCC2. The summed E-state index contributed by atoms with van der Waals surface area (Å²) < 4.78 is 5.29. The Morgan fingerprint density at radius 3 is 2.75 bits per heavy atom. The molecular formula is C19H25NO3S. The van der Waals surface area contributed by atoms with Crippen molar-refractivity contribution < 1.29 is 14.3 Å². The summed E-state index contributed by atoms with van der Waals surface area (Å²) >= 11 is 1.65. The Morgan fingerprint density at radius 2 is 2.04 bits per heavy atom. The van der Waals surface area contributed by atoms with Crippen molar-refractivity contribution in [2.45, 2.75) is 59.3 Å². The van der Waals surface area contributed by atoms with Crippen LogP contribution in [0.25, 0.3) is 0 Å². The van der Waals surface area contributed by atoms with Crippen LogP contribution in [0.15, 0.2) is 11.8 Å². The number of rotatable bonds is 4. The molecule has 0 aliphatic heterocycles. The molecule has 1 N–H and O–H groups in total. The standard InChI is InChI=1S/C19H25NO3S/c1-4-23-18(22)16-14-7-5-6-8-15(14)24-17(16)20-12-9-13(21)11-19(2,3)10-12/h9,20H,4-8,10-11H2,1-3H3. The van der Waals surface area contributed by atoms with E-state index < -0.39 is 0 Å². The maximum atomic E-state index is 12.5. The molecule has 1 heterocycles. The van der Waals surface area contributed by atoms with Gasteiger partial charge in [-0.25, -0.2) is 4.79 Å². The zero-order valence-corrected chi connectivity index (χ0v) is 15.5. The quantitative estimate of drug-likeness (QED) is 0.816. The van der Waals surface area contributed by atoms with Gasteiger partial charge >= 0.3 is 5.97 Å². The molecule has 3 rings (SSSR count). The fourth-order valence-electron chi connectivity index (χ4n) is 3.65. The molecule has 0 bridgehead atoms. The minimum absolute atomic E-state index is 0.0465. The van der Waals surface area contributed by atoms with Crippen molar-refractivity contribution in [2.75, 3.05) is 11.9 Å². The molecule has 2 aliphatic carbocycles. The summed E-state index contributed by atoms with van der Waals surface area (Å²) in [5, 5.41) is 4.23. The monoisotopic (exact) mass is 347 g/mol. The summed E-state index contributed by atoms with van der Waals surface area (Å²) in [6.45, 7) is 6.41. The number of aryl methyl sites for hydroxylation is 1. The van der Waals surface area contributed by atoms with Crippen molar-refractivity contribution >= 4 is 28.1 Å². The summed E-state index contributed by atoms with van der Waals surface area (Å²) in [6, 6.07) is 0. The topological polar surface area (TPSA) is 55.4 Å². The molecule has 1 aromatic heterocycles. The average Bonchev–Trinajstić information content (AvgIpc) is 2.82. The number of allylic oxidation sites excluding steroid dienone is 2. The van der Waals surface area contributed by atoms with Gasteiger partial charge in [0.2, 0.25) is 0 Å². The van der Waals surface area contributed by atoms with Crippen molar-refractivity contribution in [3.63, 3.8) is 0 Å². The van der Waals surface area contributed by atoms with Crippen LogP contribution in [0.4, 0.5) is 5.00 Å². The van der Waals surface area contributed by atoms with Crippen LogP contribution in [-0.4, -0.2) is 18.4 Å². The van der Waals surface area contributed by atoms with Crippen LogP contribution in [0.1, 0.15) is 67.3 Å². The number of nitrogens with one attached hydrogen (secondary N) is 1. The van der Waals surface area contributed by atoms with Crippen LogP contribution in [-0.2, 0) is 22.4 Å². The minimum Gasteiger partial charge on any atom is -0.462 e. The number of carbonyl (C=O) groups excluding carboxylic acids is 2. The average molecular weight is 347 g/mol. The van der Waals surface area contributed by atoms with Gasteiger partial charge in [-0.05, 0) is 50.0 Å². The molecule has 24 heavy (non-hydrogen) atoms. The van der Waals surface area contributed by atoms with E-state index in [1.54, 1.807) is 17.4 Å². The van der Waals surface area contributed by atoms with Gasteiger partial charge in [0, 0.05) is 23.1 Å².